The van der Waals surface area contributed by atoms with Crippen molar-refractivity contribution in [2.45, 2.75) is 6.04 Å². The van der Waals surface area contributed by atoms with Crippen LogP contribution in [-0.2, 0) is 0 Å². The number of aliphatic imine (C=N–C) groups is 1. The van der Waals surface area contributed by atoms with E-state index >= 15 is 0 Å². The summed E-state index contributed by atoms with van der Waals surface area (Å²) in [5.41, 5.74) is 1.29. The van der Waals surface area contributed by atoms with Gasteiger partial charge in [0.1, 0.15) is 36.4 Å². The minimum Gasteiger partial charge on any atom is -0.490 e. The quantitative estimate of drug-likeness (QED) is 0.561. The summed E-state index contributed by atoms with van der Waals surface area (Å²) in [7, 11) is 0. The van der Waals surface area contributed by atoms with Gasteiger partial charge < -0.3 is 30.4 Å². The van der Waals surface area contributed by atoms with Crippen LogP contribution in [0.25, 0.3) is 0 Å². The highest BCUT2D eigenvalue weighted by Gasteiger charge is 2.41. The van der Waals surface area contributed by atoms with Gasteiger partial charge in [-0.05, 0) is 12.1 Å². The van der Waals surface area contributed by atoms with Gasteiger partial charge in [-0.1, -0.05) is 11.6 Å². The molecule has 4 rings (SSSR count). The van der Waals surface area contributed by atoms with Crippen LogP contribution in [0, 0.1) is 11.2 Å². The molecule has 0 aromatic heterocycles. The van der Waals surface area contributed by atoms with E-state index in [9.17, 15) is 13.6 Å². The highest BCUT2D eigenvalue weighted by Crippen LogP contribution is 2.34. The number of amides is 1. The topological polar surface area (TPSA) is 101 Å². The maximum atomic E-state index is 13.9. The Labute approximate surface area is 187 Å². The average Bonchev–Trinajstić information content (AvgIpc) is 3.31. The number of β-amino-alcohol motifs (C(OH)–C–C–N with tert-alkyl or cyclic N) is 1. The van der Waals surface area contributed by atoms with Crippen molar-refractivity contribution in [3.8, 4) is 5.75 Å². The van der Waals surface area contributed by atoms with E-state index in [4.69, 9.17) is 26.9 Å². The summed E-state index contributed by atoms with van der Waals surface area (Å²) in [6, 6.07) is 3.20. The van der Waals surface area contributed by atoms with Gasteiger partial charge in [-0.15, -0.1) is 0 Å². The van der Waals surface area contributed by atoms with Gasteiger partial charge in [-0.3, -0.25) is 4.79 Å². The number of aliphatic hydroxyl groups is 1. The number of ether oxygens (including phenoxy) is 1. The normalized spacial score (nSPS) is 23.5. The summed E-state index contributed by atoms with van der Waals surface area (Å²) < 4.78 is 32.5. The fourth-order valence-corrected chi connectivity index (χ4v) is 3.73. The number of likely N-dealkylation sites (tertiary alicyclic amines) is 1. The molecule has 2 saturated heterocycles. The van der Waals surface area contributed by atoms with Gasteiger partial charge in [0.2, 0.25) is 0 Å². The van der Waals surface area contributed by atoms with E-state index < -0.39 is 11.7 Å². The highest BCUT2D eigenvalue weighted by atomic mass is 35.5. The summed E-state index contributed by atoms with van der Waals surface area (Å²) in [6.07, 6.45) is 3.43. The first-order valence-corrected chi connectivity index (χ1v) is 10.2. The standard InChI is InChI=1S/C21H20ClF2N5O3/c22-12-7-26-20(27-8-12)15-9-28(10-16(15)25)21(31)14-2-1-13(24)5-19(14)32-11-18-17(6-23)29(18)3-4-30/h1-2,5-8,18,25-26,30H,3-4,9-11H2/b17-6+,20-15+,25-16?. The highest BCUT2D eigenvalue weighted by molar-refractivity contribution is 6.39. The van der Waals surface area contributed by atoms with Crippen molar-refractivity contribution in [1.82, 2.24) is 15.1 Å². The van der Waals surface area contributed by atoms with Crippen LogP contribution in [0.4, 0.5) is 8.78 Å². The van der Waals surface area contributed by atoms with Crippen LogP contribution < -0.4 is 10.1 Å². The number of hydrogen-bond donors (Lipinski definition) is 3. The molecular formula is C21H20ClF2N5O3. The third kappa shape index (κ3) is 4.37. The van der Waals surface area contributed by atoms with Gasteiger partial charge in [0.15, 0.2) is 0 Å². The smallest absolute Gasteiger partial charge is 0.258 e. The number of hydrogen-bond acceptors (Lipinski definition) is 7. The zero-order valence-corrected chi connectivity index (χ0v) is 17.6. The van der Waals surface area contributed by atoms with E-state index in [-0.39, 0.29) is 55.9 Å². The SMILES string of the molecule is N=C1CN(C(=O)c2ccc(F)cc2OCC2/C(=C\F)N2CCO)C/C1=C1\N=CC(Cl)=CN1. The Morgan fingerprint density at radius 2 is 2.25 bits per heavy atom. The van der Waals surface area contributed by atoms with Crippen molar-refractivity contribution in [1.29, 1.82) is 5.41 Å². The van der Waals surface area contributed by atoms with E-state index in [1.807, 2.05) is 0 Å². The predicted molar refractivity (Wildman–Crippen MR) is 115 cm³/mol. The number of nitrogens with one attached hydrogen (secondary N) is 2. The van der Waals surface area contributed by atoms with E-state index in [1.165, 1.54) is 17.2 Å². The molecule has 1 aromatic rings. The molecule has 1 amide bonds. The number of benzene rings is 1. The van der Waals surface area contributed by atoms with Crippen LogP contribution in [0.1, 0.15) is 10.4 Å². The van der Waals surface area contributed by atoms with Crippen molar-refractivity contribution in [3.63, 3.8) is 0 Å². The molecule has 0 saturated carbocycles. The zero-order chi connectivity index (χ0) is 22.8. The Balaban J connectivity index is 1.49. The second-order valence-corrected chi connectivity index (χ2v) is 7.75. The summed E-state index contributed by atoms with van der Waals surface area (Å²) in [5.74, 6) is -0.547. The Morgan fingerprint density at radius 1 is 1.44 bits per heavy atom. The Morgan fingerprint density at radius 3 is 2.94 bits per heavy atom. The van der Waals surface area contributed by atoms with Gasteiger partial charge in [-0.25, -0.2) is 13.8 Å². The molecule has 3 aliphatic rings. The molecule has 0 spiro atoms. The molecule has 8 nitrogen and oxygen atoms in total. The largest absolute Gasteiger partial charge is 0.490 e. The lowest BCUT2D eigenvalue weighted by Crippen LogP contribution is -2.29. The fraction of sp³-hybridized carbons (Fsp3) is 0.286. The van der Waals surface area contributed by atoms with Crippen LogP contribution in [0.5, 0.6) is 5.75 Å². The Hall–Kier alpha value is -3.24. The van der Waals surface area contributed by atoms with Crippen LogP contribution in [0.2, 0.25) is 0 Å². The van der Waals surface area contributed by atoms with Crippen LogP contribution in [0.15, 0.2) is 57.8 Å². The zero-order valence-electron chi connectivity index (χ0n) is 16.8. The number of carbonyl (C=O) groups is 1. The lowest BCUT2D eigenvalue weighted by molar-refractivity contribution is 0.0799. The fourth-order valence-electron chi connectivity index (χ4n) is 3.63. The van der Waals surface area contributed by atoms with Gasteiger partial charge >= 0.3 is 0 Å². The minimum absolute atomic E-state index is 0.00364. The van der Waals surface area contributed by atoms with Gasteiger partial charge in [0, 0.05) is 30.6 Å². The molecule has 3 aliphatic heterocycles. The lowest BCUT2D eigenvalue weighted by Gasteiger charge is -2.18. The molecule has 1 atom stereocenters. The molecule has 32 heavy (non-hydrogen) atoms. The summed E-state index contributed by atoms with van der Waals surface area (Å²) in [4.78, 5) is 20.4. The lowest BCUT2D eigenvalue weighted by atomic mass is 10.1. The first kappa shape index (κ1) is 22.0. The second kappa shape index (κ2) is 9.09. The monoisotopic (exact) mass is 463 g/mol. The summed E-state index contributed by atoms with van der Waals surface area (Å²) in [6.45, 7) is 0.308. The molecule has 0 bridgehead atoms. The second-order valence-electron chi connectivity index (χ2n) is 7.32. The van der Waals surface area contributed by atoms with E-state index in [1.54, 1.807) is 11.1 Å². The molecule has 0 radical (unpaired) electrons. The first-order chi connectivity index (χ1) is 15.4. The Kier molecular flexibility index (Phi) is 6.24. The number of allylic oxidation sites excluding steroid dienone is 1. The van der Waals surface area contributed by atoms with E-state index in [0.717, 1.165) is 12.1 Å². The molecule has 11 heteroatoms. The maximum absolute atomic E-state index is 13.9. The van der Waals surface area contributed by atoms with Gasteiger partial charge in [0.05, 0.1) is 41.7 Å². The molecule has 168 valence electrons. The van der Waals surface area contributed by atoms with Crippen molar-refractivity contribution in [2.75, 3.05) is 32.8 Å². The molecule has 2 fully saturated rings. The number of halogens is 3. The minimum atomic E-state index is -0.581. The van der Waals surface area contributed by atoms with Crippen LogP contribution >= 0.6 is 11.6 Å². The number of carbonyl (C=O) groups excluding carboxylic acids is 1. The van der Waals surface area contributed by atoms with Gasteiger partial charge in [-0.2, -0.15) is 0 Å². The molecule has 3 heterocycles. The summed E-state index contributed by atoms with van der Waals surface area (Å²) >= 11 is 5.84. The van der Waals surface area contributed by atoms with Crippen LogP contribution in [-0.4, -0.2) is 71.6 Å². The average molecular weight is 464 g/mol. The number of rotatable bonds is 6. The third-order valence-corrected chi connectivity index (χ3v) is 5.51. The van der Waals surface area contributed by atoms with Crippen molar-refractivity contribution in [2.24, 2.45) is 4.99 Å². The summed E-state index contributed by atoms with van der Waals surface area (Å²) in [5, 5.41) is 20.6. The maximum Gasteiger partial charge on any atom is 0.258 e. The van der Waals surface area contributed by atoms with E-state index in [2.05, 4.69) is 10.3 Å². The van der Waals surface area contributed by atoms with Gasteiger partial charge in [0.25, 0.3) is 5.91 Å². The first-order valence-electron chi connectivity index (χ1n) is 9.79. The van der Waals surface area contributed by atoms with Crippen molar-refractivity contribution >= 4 is 29.4 Å². The molecule has 1 aromatic carbocycles. The van der Waals surface area contributed by atoms with Crippen molar-refractivity contribution < 1.29 is 23.4 Å². The molecular weight excluding hydrogens is 444 g/mol. The van der Waals surface area contributed by atoms with E-state index in [0.29, 0.717) is 28.5 Å². The molecule has 0 aliphatic carbocycles. The number of aliphatic hydroxyl groups excluding tert-OH is 1. The third-order valence-electron chi connectivity index (χ3n) is 5.30. The predicted octanol–water partition coefficient (Wildman–Crippen LogP) is 2.13. The Bertz CT molecular complexity index is 1090. The number of nitrogens with zero attached hydrogens (tertiary/aromatic N) is 3. The molecule has 3 N–H and O–H groups in total. The van der Waals surface area contributed by atoms with Crippen LogP contribution in [0.3, 0.4) is 0 Å². The van der Waals surface area contributed by atoms with Crippen molar-refractivity contribution in [3.05, 3.63) is 64.2 Å². The molecule has 1 unspecified atom stereocenters.